The van der Waals surface area contributed by atoms with Gasteiger partial charge in [0, 0.05) is 7.05 Å². The molecule has 1 aromatic heterocycles. The molecule has 0 unspecified atom stereocenters. The molecule has 0 saturated carbocycles. The van der Waals surface area contributed by atoms with Crippen LogP contribution in [-0.4, -0.2) is 9.78 Å². The van der Waals surface area contributed by atoms with Crippen LogP contribution < -0.4 is 0 Å². The molecular formula is C4H4ClIN2. The first-order chi connectivity index (χ1) is 3.72. The van der Waals surface area contributed by atoms with Crippen LogP contribution in [-0.2, 0) is 7.05 Å². The molecular weight excluding hydrogens is 238 g/mol. The minimum Gasteiger partial charge on any atom is -0.261 e. The predicted octanol–water partition coefficient (Wildman–Crippen LogP) is 1.68. The molecule has 2 nitrogen and oxygen atoms in total. The summed E-state index contributed by atoms with van der Waals surface area (Å²) in [6.45, 7) is 0. The Balaban J connectivity index is 3.19. The highest BCUT2D eigenvalue weighted by Crippen LogP contribution is 2.14. The number of aromatic nitrogens is 2. The van der Waals surface area contributed by atoms with E-state index in [0.29, 0.717) is 5.02 Å². The van der Waals surface area contributed by atoms with Crippen molar-refractivity contribution >= 4 is 34.2 Å². The van der Waals surface area contributed by atoms with Gasteiger partial charge in [-0.15, -0.1) is 0 Å². The van der Waals surface area contributed by atoms with Crippen LogP contribution >= 0.6 is 34.2 Å². The van der Waals surface area contributed by atoms with Crippen molar-refractivity contribution in [2.75, 3.05) is 0 Å². The smallest absolute Gasteiger partial charge is 0.117 e. The maximum absolute atomic E-state index is 5.64. The van der Waals surface area contributed by atoms with Crippen LogP contribution in [0.4, 0.5) is 0 Å². The van der Waals surface area contributed by atoms with Gasteiger partial charge in [-0.05, 0) is 22.6 Å². The molecule has 1 rings (SSSR count). The lowest BCUT2D eigenvalue weighted by molar-refractivity contribution is 0.748. The van der Waals surface area contributed by atoms with E-state index in [1.54, 1.807) is 10.9 Å². The molecule has 0 aliphatic carbocycles. The zero-order valence-corrected chi connectivity index (χ0v) is 7.14. The zero-order valence-electron chi connectivity index (χ0n) is 4.23. The van der Waals surface area contributed by atoms with Crippen molar-refractivity contribution in [3.8, 4) is 0 Å². The minimum atomic E-state index is 0.716. The van der Waals surface area contributed by atoms with Gasteiger partial charge in [0.25, 0.3) is 0 Å². The number of nitrogens with zero attached hydrogens (tertiary/aromatic N) is 2. The van der Waals surface area contributed by atoms with Crippen molar-refractivity contribution in [2.45, 2.75) is 0 Å². The normalized spacial score (nSPS) is 9.88. The molecule has 1 aromatic rings. The van der Waals surface area contributed by atoms with Crippen molar-refractivity contribution in [3.63, 3.8) is 0 Å². The lowest BCUT2D eigenvalue weighted by atomic mass is 10.7. The summed E-state index contributed by atoms with van der Waals surface area (Å²) in [6, 6.07) is 0. The van der Waals surface area contributed by atoms with Crippen molar-refractivity contribution < 1.29 is 0 Å². The Hall–Kier alpha value is 0.230. The number of hydrogen-bond acceptors (Lipinski definition) is 1. The number of aryl methyl sites for hydroxylation is 1. The molecule has 0 radical (unpaired) electrons. The van der Waals surface area contributed by atoms with Crippen LogP contribution in [0.2, 0.25) is 5.02 Å². The third kappa shape index (κ3) is 0.974. The van der Waals surface area contributed by atoms with Gasteiger partial charge in [0.15, 0.2) is 0 Å². The van der Waals surface area contributed by atoms with Crippen LogP contribution in [0, 0.1) is 3.70 Å². The van der Waals surface area contributed by atoms with Crippen LogP contribution in [0.3, 0.4) is 0 Å². The van der Waals surface area contributed by atoms with E-state index in [1.807, 2.05) is 7.05 Å². The maximum atomic E-state index is 5.64. The van der Waals surface area contributed by atoms with Crippen LogP contribution in [0.25, 0.3) is 0 Å². The van der Waals surface area contributed by atoms with Crippen molar-refractivity contribution in [1.82, 2.24) is 9.78 Å². The van der Waals surface area contributed by atoms with E-state index in [2.05, 4.69) is 27.7 Å². The molecule has 0 aliphatic rings. The van der Waals surface area contributed by atoms with Crippen molar-refractivity contribution in [2.24, 2.45) is 7.05 Å². The molecule has 0 N–H and O–H groups in total. The maximum Gasteiger partial charge on any atom is 0.117 e. The summed E-state index contributed by atoms with van der Waals surface area (Å²) in [5, 5.41) is 4.61. The molecule has 44 valence electrons. The van der Waals surface area contributed by atoms with Crippen molar-refractivity contribution in [1.29, 1.82) is 0 Å². The van der Waals surface area contributed by atoms with Gasteiger partial charge in [-0.1, -0.05) is 11.6 Å². The minimum absolute atomic E-state index is 0.716. The molecule has 1 heterocycles. The van der Waals surface area contributed by atoms with E-state index < -0.39 is 0 Å². The summed E-state index contributed by atoms with van der Waals surface area (Å²) < 4.78 is 2.70. The van der Waals surface area contributed by atoms with E-state index in [9.17, 15) is 0 Å². The summed E-state index contributed by atoms with van der Waals surface area (Å²) in [5.74, 6) is 0. The molecule has 0 fully saturated rings. The quantitative estimate of drug-likeness (QED) is 0.633. The van der Waals surface area contributed by atoms with Crippen LogP contribution in [0.1, 0.15) is 0 Å². The predicted molar refractivity (Wildman–Crippen MR) is 40.9 cm³/mol. The molecule has 0 aromatic carbocycles. The standard InChI is InChI=1S/C4H4ClIN2/c1-8-4(6)3(5)2-7-8/h2H,1H3. The summed E-state index contributed by atoms with van der Waals surface area (Å²) in [5.41, 5.74) is 0. The Morgan fingerprint density at radius 2 is 2.50 bits per heavy atom. The van der Waals surface area contributed by atoms with Gasteiger partial charge in [-0.3, -0.25) is 4.68 Å². The van der Waals surface area contributed by atoms with Gasteiger partial charge < -0.3 is 0 Å². The van der Waals surface area contributed by atoms with Gasteiger partial charge in [0.2, 0.25) is 0 Å². The Morgan fingerprint density at radius 1 is 1.88 bits per heavy atom. The molecule has 0 aliphatic heterocycles. The average molecular weight is 242 g/mol. The Morgan fingerprint density at radius 3 is 2.62 bits per heavy atom. The topological polar surface area (TPSA) is 17.8 Å². The zero-order chi connectivity index (χ0) is 6.15. The van der Waals surface area contributed by atoms with Gasteiger partial charge in [-0.2, -0.15) is 5.10 Å². The Bertz CT molecular complexity index is 176. The van der Waals surface area contributed by atoms with Gasteiger partial charge in [-0.25, -0.2) is 0 Å². The molecule has 0 amide bonds. The van der Waals surface area contributed by atoms with E-state index >= 15 is 0 Å². The molecule has 0 bridgehead atoms. The second-order valence-corrected chi connectivity index (χ2v) is 2.84. The van der Waals surface area contributed by atoms with E-state index in [-0.39, 0.29) is 0 Å². The summed E-state index contributed by atoms with van der Waals surface area (Å²) >= 11 is 7.77. The van der Waals surface area contributed by atoms with Crippen LogP contribution in [0.15, 0.2) is 6.20 Å². The molecule has 8 heavy (non-hydrogen) atoms. The number of halogens is 2. The van der Waals surface area contributed by atoms with Gasteiger partial charge in [0.1, 0.15) is 3.70 Å². The second kappa shape index (κ2) is 2.23. The fourth-order valence-corrected chi connectivity index (χ4v) is 0.826. The van der Waals surface area contributed by atoms with E-state index in [1.165, 1.54) is 0 Å². The largest absolute Gasteiger partial charge is 0.261 e. The lowest BCUT2D eigenvalue weighted by Crippen LogP contribution is -1.90. The van der Waals surface area contributed by atoms with E-state index in [0.717, 1.165) is 3.70 Å². The highest BCUT2D eigenvalue weighted by molar-refractivity contribution is 14.1. The molecule has 4 heteroatoms. The third-order valence-electron chi connectivity index (χ3n) is 0.825. The highest BCUT2D eigenvalue weighted by Gasteiger charge is 1.98. The monoisotopic (exact) mass is 242 g/mol. The molecule has 0 spiro atoms. The lowest BCUT2D eigenvalue weighted by Gasteiger charge is -1.87. The second-order valence-electron chi connectivity index (χ2n) is 1.41. The fourth-order valence-electron chi connectivity index (χ4n) is 0.396. The van der Waals surface area contributed by atoms with Crippen molar-refractivity contribution in [3.05, 3.63) is 14.9 Å². The van der Waals surface area contributed by atoms with Gasteiger partial charge in [0.05, 0.1) is 11.2 Å². The molecule has 0 saturated heterocycles. The SMILES string of the molecule is Cn1ncc(Cl)c1I. The van der Waals surface area contributed by atoms with Crippen LogP contribution in [0.5, 0.6) is 0 Å². The number of hydrogen-bond donors (Lipinski definition) is 0. The first-order valence-corrected chi connectivity index (χ1v) is 3.50. The average Bonchev–Trinajstić information content (AvgIpc) is 1.98. The summed E-state index contributed by atoms with van der Waals surface area (Å²) in [4.78, 5) is 0. The summed E-state index contributed by atoms with van der Waals surface area (Å²) in [7, 11) is 1.85. The fraction of sp³-hybridized carbons (Fsp3) is 0.250. The van der Waals surface area contributed by atoms with Gasteiger partial charge >= 0.3 is 0 Å². The third-order valence-corrected chi connectivity index (χ3v) is 2.70. The Labute approximate surface area is 66.0 Å². The number of rotatable bonds is 0. The molecule has 0 atom stereocenters. The first kappa shape index (κ1) is 6.35. The summed E-state index contributed by atoms with van der Waals surface area (Å²) in [6.07, 6.45) is 1.63. The van der Waals surface area contributed by atoms with E-state index in [4.69, 9.17) is 11.6 Å². The first-order valence-electron chi connectivity index (χ1n) is 2.05. The highest BCUT2D eigenvalue weighted by atomic mass is 127. The Kier molecular flexibility index (Phi) is 1.77.